The number of rotatable bonds is 1. The quantitative estimate of drug-likeness (QED) is 0.549. The van der Waals surface area contributed by atoms with Crippen LogP contribution in [-0.2, 0) is 0 Å². The Balaban J connectivity index is 3.66. The zero-order chi connectivity index (χ0) is 11.3. The van der Waals surface area contributed by atoms with Crippen molar-refractivity contribution in [2.45, 2.75) is 4.90 Å². The fourth-order valence-corrected chi connectivity index (χ4v) is 4.56. The Bertz CT molecular complexity index is 364. The maximum atomic E-state index is 12.4. The molecule has 0 radical (unpaired) electrons. The predicted octanol–water partition coefficient (Wildman–Crippen LogP) is 5.87. The second-order valence-corrected chi connectivity index (χ2v) is 6.57. The van der Waals surface area contributed by atoms with Crippen molar-refractivity contribution in [1.82, 2.24) is 0 Å². The summed E-state index contributed by atoms with van der Waals surface area (Å²) in [5.74, 6) is 0. The Morgan fingerprint density at radius 1 is 0.857 bits per heavy atom. The van der Waals surface area contributed by atoms with Crippen LogP contribution in [0.3, 0.4) is 0 Å². The van der Waals surface area contributed by atoms with Gasteiger partial charge in [-0.05, 0) is 44.0 Å². The van der Waals surface area contributed by atoms with Crippen molar-refractivity contribution >= 4 is 42.1 Å². The van der Waals surface area contributed by atoms with E-state index in [1.54, 1.807) is 0 Å². The van der Waals surface area contributed by atoms with Gasteiger partial charge < -0.3 is 0 Å². The van der Waals surface area contributed by atoms with Crippen LogP contribution >= 0.6 is 42.1 Å². The smallest absolute Gasteiger partial charge is 0.0935 e. The molecular weight excluding hydrogens is 359 g/mol. The highest BCUT2D eigenvalue weighted by atomic mass is 79.9. The van der Waals surface area contributed by atoms with Gasteiger partial charge in [-0.25, -0.2) is 0 Å². The minimum Gasteiger partial charge on any atom is -0.0935 e. The van der Waals surface area contributed by atoms with Gasteiger partial charge in [-0.15, -0.1) is 0 Å². The Kier molecular flexibility index (Phi) is 2.32. The van der Waals surface area contributed by atoms with Gasteiger partial charge in [-0.2, -0.15) is 0 Å². The van der Waals surface area contributed by atoms with E-state index in [0.29, 0.717) is 0 Å². The summed E-state index contributed by atoms with van der Waals surface area (Å²) in [5, 5.41) is 0. The Labute approximate surface area is 93.5 Å². The Hall–Kier alpha value is 0.180. The van der Waals surface area contributed by atoms with E-state index < -0.39 is 24.1 Å². The predicted molar refractivity (Wildman–Crippen MR) is 53.2 cm³/mol. The highest BCUT2D eigenvalue weighted by molar-refractivity contribution is 9.11. The summed E-state index contributed by atoms with van der Waals surface area (Å²) < 4.78 is 60.7. The van der Waals surface area contributed by atoms with E-state index in [2.05, 4.69) is 31.9 Å². The van der Waals surface area contributed by atoms with E-state index in [9.17, 15) is 19.4 Å². The minimum atomic E-state index is -9.62. The molecule has 1 aromatic carbocycles. The first-order valence-electron chi connectivity index (χ1n) is 3.10. The summed E-state index contributed by atoms with van der Waals surface area (Å²) >= 11 is 4.91. The van der Waals surface area contributed by atoms with E-state index >= 15 is 0 Å². The molecule has 0 N–H and O–H groups in total. The number of benzene rings is 1. The summed E-state index contributed by atoms with van der Waals surface area (Å²) in [6.45, 7) is 0. The van der Waals surface area contributed by atoms with Crippen LogP contribution in [0.2, 0.25) is 0 Å². The molecule has 1 aromatic rings. The van der Waals surface area contributed by atoms with Gasteiger partial charge >= 0.3 is 10.2 Å². The van der Waals surface area contributed by atoms with Crippen LogP contribution < -0.4 is 0 Å². The summed E-state index contributed by atoms with van der Waals surface area (Å²) in [6.07, 6.45) is 0. The minimum absolute atomic E-state index is 0.675. The van der Waals surface area contributed by atoms with Crippen LogP contribution in [0.25, 0.3) is 0 Å². The highest BCUT2D eigenvalue weighted by Crippen LogP contribution is 3.03. The van der Waals surface area contributed by atoms with E-state index in [4.69, 9.17) is 0 Å². The second kappa shape index (κ2) is 2.65. The van der Waals surface area contributed by atoms with Gasteiger partial charge in [-0.1, -0.05) is 25.5 Å². The number of hydrogen-bond acceptors (Lipinski definition) is 0. The van der Waals surface area contributed by atoms with Crippen molar-refractivity contribution in [2.75, 3.05) is 0 Å². The topological polar surface area (TPSA) is 0 Å². The molecule has 0 aliphatic rings. The first-order chi connectivity index (χ1) is 5.91. The third kappa shape index (κ3) is 2.60. The Morgan fingerprint density at radius 2 is 1.21 bits per heavy atom. The lowest BCUT2D eigenvalue weighted by atomic mass is 10.4. The first-order valence-corrected chi connectivity index (χ1v) is 6.63. The molecular formula is C6H3Br2F5S. The van der Waals surface area contributed by atoms with Crippen LogP contribution in [0, 0.1) is 0 Å². The van der Waals surface area contributed by atoms with Gasteiger partial charge in [0.2, 0.25) is 0 Å². The van der Waals surface area contributed by atoms with Crippen LogP contribution in [0.5, 0.6) is 0 Å². The lowest BCUT2D eigenvalue weighted by Crippen LogP contribution is -2.07. The molecule has 0 saturated carbocycles. The molecule has 0 nitrogen and oxygen atoms in total. The van der Waals surface area contributed by atoms with Crippen molar-refractivity contribution in [1.29, 1.82) is 0 Å². The van der Waals surface area contributed by atoms with Crippen molar-refractivity contribution in [3.05, 3.63) is 27.1 Å². The zero-order valence-corrected chi connectivity index (χ0v) is 10.3. The van der Waals surface area contributed by atoms with Gasteiger partial charge in [0.1, 0.15) is 4.90 Å². The fraction of sp³-hybridized carbons (Fsp3) is 0. The third-order valence-corrected chi connectivity index (χ3v) is 4.36. The molecule has 8 heteroatoms. The van der Waals surface area contributed by atoms with E-state index in [1.807, 2.05) is 0 Å². The molecule has 0 atom stereocenters. The normalized spacial score (nSPS) is 17.4. The zero-order valence-electron chi connectivity index (χ0n) is 6.29. The molecule has 0 unspecified atom stereocenters. The highest BCUT2D eigenvalue weighted by Gasteiger charge is 2.67. The second-order valence-electron chi connectivity index (χ2n) is 2.52. The Morgan fingerprint density at radius 3 is 1.43 bits per heavy atom. The van der Waals surface area contributed by atoms with Gasteiger partial charge in [0.25, 0.3) is 0 Å². The molecule has 1 rings (SSSR count). The molecule has 0 spiro atoms. The molecule has 0 fully saturated rings. The number of halogens is 7. The van der Waals surface area contributed by atoms with E-state index in [0.717, 1.165) is 12.1 Å². The van der Waals surface area contributed by atoms with Crippen LogP contribution in [0.4, 0.5) is 19.4 Å². The maximum absolute atomic E-state index is 12.4. The average Bonchev–Trinajstić information content (AvgIpc) is 1.78. The molecule has 0 heterocycles. The largest absolute Gasteiger partial charge is 0.312 e. The van der Waals surface area contributed by atoms with Crippen molar-refractivity contribution in [2.24, 2.45) is 0 Å². The summed E-state index contributed by atoms with van der Waals surface area (Å²) in [4.78, 5) is -1.92. The van der Waals surface area contributed by atoms with Gasteiger partial charge in [0.15, 0.2) is 0 Å². The van der Waals surface area contributed by atoms with Crippen LogP contribution in [-0.4, -0.2) is 0 Å². The lowest BCUT2D eigenvalue weighted by molar-refractivity contribution is 0.362. The van der Waals surface area contributed by atoms with E-state index in [-0.39, 0.29) is 0 Å². The molecule has 0 aromatic heterocycles. The summed E-state index contributed by atoms with van der Waals surface area (Å²) in [7, 11) is -9.62. The molecule has 0 amide bonds. The van der Waals surface area contributed by atoms with Gasteiger partial charge in [-0.3, -0.25) is 0 Å². The maximum Gasteiger partial charge on any atom is 0.312 e. The first kappa shape index (κ1) is 12.3. The molecule has 82 valence electrons. The van der Waals surface area contributed by atoms with Gasteiger partial charge in [0.05, 0.1) is 0 Å². The van der Waals surface area contributed by atoms with Crippen LogP contribution in [0.15, 0.2) is 32.0 Å². The van der Waals surface area contributed by atoms with E-state index in [1.165, 1.54) is 6.07 Å². The average molecular weight is 362 g/mol. The summed E-state index contributed by atoms with van der Waals surface area (Å²) in [5.41, 5.74) is 0. The summed E-state index contributed by atoms with van der Waals surface area (Å²) in [6, 6.07) is 3.05. The third-order valence-electron chi connectivity index (χ3n) is 1.30. The number of hydrogen-bond donors (Lipinski definition) is 0. The van der Waals surface area contributed by atoms with Crippen LogP contribution in [0.1, 0.15) is 0 Å². The van der Waals surface area contributed by atoms with Gasteiger partial charge in [0, 0.05) is 8.95 Å². The molecule has 0 saturated heterocycles. The van der Waals surface area contributed by atoms with Crippen molar-refractivity contribution < 1.29 is 19.4 Å². The fourth-order valence-electron chi connectivity index (χ4n) is 0.851. The van der Waals surface area contributed by atoms with Crippen molar-refractivity contribution in [3.63, 3.8) is 0 Å². The SMILES string of the molecule is FS(F)(F)(F)(F)c1c(Br)cccc1Br. The molecule has 0 aliphatic heterocycles. The molecule has 14 heavy (non-hydrogen) atoms. The van der Waals surface area contributed by atoms with Crippen molar-refractivity contribution in [3.8, 4) is 0 Å². The standard InChI is InChI=1S/C6H3Br2F5S/c7-4-2-1-3-5(8)6(4)14(9,10,11,12)13/h1-3H. The molecule has 0 aliphatic carbocycles. The molecule has 0 bridgehead atoms. The lowest BCUT2D eigenvalue weighted by Gasteiger charge is -2.41. The monoisotopic (exact) mass is 360 g/mol.